The van der Waals surface area contributed by atoms with Crippen molar-refractivity contribution >= 4 is 50.0 Å². The molecule has 0 amide bonds. The maximum Gasteiger partial charge on any atom is 0.262 e. The van der Waals surface area contributed by atoms with E-state index < -0.39 is 39.0 Å². The van der Waals surface area contributed by atoms with Crippen molar-refractivity contribution in [3.63, 3.8) is 0 Å². The normalized spacial score (nSPS) is 16.9. The lowest BCUT2D eigenvalue weighted by Crippen LogP contribution is -2.39. The van der Waals surface area contributed by atoms with Crippen molar-refractivity contribution in [2.45, 2.75) is 42.7 Å². The Labute approximate surface area is 269 Å². The molecular weight excluding hydrogens is 634 g/mol. The van der Waals surface area contributed by atoms with E-state index >= 15 is 8.78 Å². The van der Waals surface area contributed by atoms with Gasteiger partial charge in [0.25, 0.3) is 10.0 Å². The molecule has 0 radical (unpaired) electrons. The van der Waals surface area contributed by atoms with E-state index in [2.05, 4.69) is 29.9 Å². The molecule has 9 nitrogen and oxygen atoms in total. The summed E-state index contributed by atoms with van der Waals surface area (Å²) in [5.74, 6) is -0.509. The molecule has 5 aromatic rings. The number of sulfonamides is 1. The van der Waals surface area contributed by atoms with Gasteiger partial charge in [-0.3, -0.25) is 4.72 Å². The number of fused-ring (bicyclic) bond motifs is 2. The molecule has 7 rings (SSSR count). The fourth-order valence-corrected chi connectivity index (χ4v) is 7.88. The minimum atomic E-state index is -4.33. The molecule has 2 aliphatic rings. The Morgan fingerprint density at radius 1 is 0.978 bits per heavy atom. The third-order valence-electron chi connectivity index (χ3n) is 8.53. The molecule has 3 N–H and O–H groups in total. The van der Waals surface area contributed by atoms with Crippen LogP contribution in [0.2, 0.25) is 5.02 Å². The van der Waals surface area contributed by atoms with Gasteiger partial charge < -0.3 is 15.3 Å². The van der Waals surface area contributed by atoms with E-state index in [0.717, 1.165) is 43.9 Å². The lowest BCUT2D eigenvalue weighted by molar-refractivity contribution is 0.180. The molecule has 236 valence electrons. The summed E-state index contributed by atoms with van der Waals surface area (Å²) in [6, 6.07) is 15.6. The van der Waals surface area contributed by atoms with Crippen LogP contribution in [0.1, 0.15) is 36.5 Å². The lowest BCUT2D eigenvalue weighted by Gasteiger charge is -2.33. The standard InChI is InChI=1S/C33H29ClF2N6O3S/c34-21-16-24-23(5-9-28(24)43)29(17-21)46(44,45)41-27-8-6-25(35)31(32(27)36)19-4-7-26-20(15-19)18-38-33(40-26)39-22-10-13-42(14-11-22)30-3-1-2-12-37-30/h1-4,6-8,12,15-18,22,28,41,43H,5,9-11,13-14H2,(H,38,39,40)/t28-/m1/s1. The first-order chi connectivity index (χ1) is 22.2. The second-order valence-electron chi connectivity index (χ2n) is 11.5. The van der Waals surface area contributed by atoms with Gasteiger partial charge in [0.2, 0.25) is 5.95 Å². The van der Waals surface area contributed by atoms with Crippen molar-refractivity contribution in [3.05, 3.63) is 101 Å². The molecule has 1 aliphatic heterocycles. The molecule has 0 unspecified atom stereocenters. The van der Waals surface area contributed by atoms with Crippen molar-refractivity contribution in [2.24, 2.45) is 0 Å². The zero-order valence-corrected chi connectivity index (χ0v) is 26.0. The number of aliphatic hydroxyl groups excluding tert-OH is 1. The molecule has 0 spiro atoms. The third-order valence-corrected chi connectivity index (χ3v) is 10.2. The molecule has 2 aromatic heterocycles. The zero-order chi connectivity index (χ0) is 32.0. The number of nitrogens with one attached hydrogen (secondary N) is 2. The molecule has 0 bridgehead atoms. The molecule has 3 aromatic carbocycles. The number of rotatable bonds is 7. The first-order valence-corrected chi connectivity index (χ1v) is 16.7. The number of piperidine rings is 1. The number of hydrogen-bond acceptors (Lipinski definition) is 8. The maximum atomic E-state index is 15.9. The summed E-state index contributed by atoms with van der Waals surface area (Å²) in [6.07, 6.45) is 4.99. The number of pyridine rings is 1. The van der Waals surface area contributed by atoms with E-state index in [1.54, 1.807) is 24.5 Å². The van der Waals surface area contributed by atoms with Gasteiger partial charge in [0.1, 0.15) is 11.6 Å². The highest BCUT2D eigenvalue weighted by atomic mass is 35.5. The van der Waals surface area contributed by atoms with E-state index in [-0.39, 0.29) is 21.5 Å². The van der Waals surface area contributed by atoms with E-state index in [9.17, 15) is 13.5 Å². The van der Waals surface area contributed by atoms with Gasteiger partial charge in [-0.2, -0.15) is 0 Å². The number of halogens is 3. The van der Waals surface area contributed by atoms with Crippen molar-refractivity contribution in [1.82, 2.24) is 15.0 Å². The van der Waals surface area contributed by atoms with Crippen LogP contribution in [-0.2, 0) is 16.4 Å². The van der Waals surface area contributed by atoms with Gasteiger partial charge in [-0.25, -0.2) is 32.2 Å². The number of benzene rings is 3. The zero-order valence-electron chi connectivity index (χ0n) is 24.4. The van der Waals surface area contributed by atoms with E-state index in [1.807, 2.05) is 18.2 Å². The highest BCUT2D eigenvalue weighted by Gasteiger charge is 2.30. The van der Waals surface area contributed by atoms with Gasteiger partial charge in [-0.15, -0.1) is 0 Å². The summed E-state index contributed by atoms with van der Waals surface area (Å²) in [5, 5.41) is 14.3. The smallest absolute Gasteiger partial charge is 0.262 e. The predicted octanol–water partition coefficient (Wildman–Crippen LogP) is 6.48. The molecule has 1 fully saturated rings. The van der Waals surface area contributed by atoms with Gasteiger partial charge in [-0.1, -0.05) is 23.7 Å². The van der Waals surface area contributed by atoms with Crippen molar-refractivity contribution in [1.29, 1.82) is 0 Å². The number of aliphatic hydroxyl groups is 1. The molecule has 13 heteroatoms. The Morgan fingerprint density at radius 3 is 2.59 bits per heavy atom. The largest absolute Gasteiger partial charge is 0.388 e. The van der Waals surface area contributed by atoms with Crippen LogP contribution in [0.4, 0.5) is 26.2 Å². The molecule has 0 saturated carbocycles. The first-order valence-electron chi connectivity index (χ1n) is 14.9. The third kappa shape index (κ3) is 5.83. The summed E-state index contributed by atoms with van der Waals surface area (Å²) in [6.45, 7) is 1.70. The average molecular weight is 663 g/mol. The summed E-state index contributed by atoms with van der Waals surface area (Å²) >= 11 is 6.15. The minimum absolute atomic E-state index is 0.128. The molecule has 3 heterocycles. The molecule has 1 aliphatic carbocycles. The predicted molar refractivity (Wildman–Crippen MR) is 174 cm³/mol. The monoisotopic (exact) mass is 662 g/mol. The van der Waals surface area contributed by atoms with Gasteiger partial charge in [0, 0.05) is 41.9 Å². The van der Waals surface area contributed by atoms with E-state index in [4.69, 9.17) is 11.6 Å². The number of nitrogens with zero attached hydrogens (tertiary/aromatic N) is 4. The average Bonchev–Trinajstić information content (AvgIpc) is 3.42. The van der Waals surface area contributed by atoms with Crippen molar-refractivity contribution in [3.8, 4) is 11.1 Å². The van der Waals surface area contributed by atoms with Crippen LogP contribution in [0.25, 0.3) is 22.0 Å². The van der Waals surface area contributed by atoms with Crippen LogP contribution in [0.5, 0.6) is 0 Å². The Kier molecular flexibility index (Phi) is 7.95. The van der Waals surface area contributed by atoms with Gasteiger partial charge >= 0.3 is 0 Å². The number of aromatic nitrogens is 3. The van der Waals surface area contributed by atoms with E-state index in [0.29, 0.717) is 40.8 Å². The SMILES string of the molecule is O=S(=O)(Nc1ccc(F)c(-c2ccc3nc(NC4CCN(c5ccccn5)CC4)ncc3c2)c1F)c1cc(Cl)cc2c1CC[C@H]2O. The first kappa shape index (κ1) is 30.3. The topological polar surface area (TPSA) is 120 Å². The van der Waals surface area contributed by atoms with Crippen LogP contribution in [0.15, 0.2) is 78.0 Å². The summed E-state index contributed by atoms with van der Waals surface area (Å²) in [5.41, 5.74) is 0.814. The van der Waals surface area contributed by atoms with Gasteiger partial charge in [-0.05, 0) is 90.9 Å². The highest BCUT2D eigenvalue weighted by molar-refractivity contribution is 7.92. The lowest BCUT2D eigenvalue weighted by atomic mass is 10.0. The second kappa shape index (κ2) is 12.1. The summed E-state index contributed by atoms with van der Waals surface area (Å²) < 4.78 is 60.0. The number of hydrogen-bond donors (Lipinski definition) is 3. The molecule has 46 heavy (non-hydrogen) atoms. The fourth-order valence-electron chi connectivity index (χ4n) is 6.20. The van der Waals surface area contributed by atoms with Crippen molar-refractivity contribution in [2.75, 3.05) is 28.0 Å². The summed E-state index contributed by atoms with van der Waals surface area (Å²) in [4.78, 5) is 15.6. The van der Waals surface area contributed by atoms with Crippen LogP contribution >= 0.6 is 11.6 Å². The molecule has 1 atom stereocenters. The fraction of sp³-hybridized carbons (Fsp3) is 0.242. The highest BCUT2D eigenvalue weighted by Crippen LogP contribution is 2.39. The van der Waals surface area contributed by atoms with E-state index in [1.165, 1.54) is 18.2 Å². The minimum Gasteiger partial charge on any atom is -0.388 e. The second-order valence-corrected chi connectivity index (χ2v) is 13.6. The van der Waals surface area contributed by atoms with Crippen LogP contribution in [0.3, 0.4) is 0 Å². The Morgan fingerprint density at radius 2 is 1.80 bits per heavy atom. The number of anilines is 3. The van der Waals surface area contributed by atoms with Crippen LogP contribution < -0.4 is 14.9 Å². The Hall–Kier alpha value is -4.39. The van der Waals surface area contributed by atoms with Gasteiger partial charge in [0.05, 0.1) is 27.8 Å². The van der Waals surface area contributed by atoms with Crippen LogP contribution in [-0.4, -0.2) is 47.6 Å². The van der Waals surface area contributed by atoms with Gasteiger partial charge in [0.15, 0.2) is 5.82 Å². The maximum absolute atomic E-state index is 15.9. The quantitative estimate of drug-likeness (QED) is 0.181. The Balaban J connectivity index is 1.10. The van der Waals surface area contributed by atoms with Crippen LogP contribution in [0, 0.1) is 11.6 Å². The molecule has 1 saturated heterocycles. The Bertz CT molecular complexity index is 2060. The summed E-state index contributed by atoms with van der Waals surface area (Å²) in [7, 11) is -4.33. The molecular formula is C33H29ClF2N6O3S. The van der Waals surface area contributed by atoms with Crippen molar-refractivity contribution < 1.29 is 22.3 Å².